The molecule has 0 spiro atoms. The SMILES string of the molecule is O=C([C@H]1CCCN1S(=O)(=O)c1ccccc1)N1CCCc2occc2C1. The van der Waals surface area contributed by atoms with Crippen molar-refractivity contribution < 1.29 is 17.6 Å². The Morgan fingerprint density at radius 1 is 1.08 bits per heavy atom. The summed E-state index contributed by atoms with van der Waals surface area (Å²) in [6.45, 7) is 1.50. The van der Waals surface area contributed by atoms with Crippen LogP contribution in [0.2, 0.25) is 0 Å². The smallest absolute Gasteiger partial charge is 0.243 e. The minimum atomic E-state index is -3.66. The van der Waals surface area contributed by atoms with Crippen LogP contribution in [-0.4, -0.2) is 42.7 Å². The van der Waals surface area contributed by atoms with E-state index < -0.39 is 16.1 Å². The Bertz CT molecular complexity index is 891. The fourth-order valence-electron chi connectivity index (χ4n) is 3.84. The van der Waals surface area contributed by atoms with Crippen molar-refractivity contribution in [1.29, 1.82) is 0 Å². The van der Waals surface area contributed by atoms with Gasteiger partial charge in [0.1, 0.15) is 11.8 Å². The zero-order chi connectivity index (χ0) is 18.1. The van der Waals surface area contributed by atoms with Gasteiger partial charge >= 0.3 is 0 Å². The van der Waals surface area contributed by atoms with Gasteiger partial charge in [-0.05, 0) is 37.5 Å². The molecule has 2 aliphatic heterocycles. The van der Waals surface area contributed by atoms with Crippen molar-refractivity contribution in [3.05, 3.63) is 54.0 Å². The van der Waals surface area contributed by atoms with Gasteiger partial charge in [-0.1, -0.05) is 18.2 Å². The number of benzene rings is 1. The van der Waals surface area contributed by atoms with E-state index in [-0.39, 0.29) is 10.8 Å². The molecule has 2 aliphatic rings. The van der Waals surface area contributed by atoms with Crippen LogP contribution >= 0.6 is 0 Å². The zero-order valence-corrected chi connectivity index (χ0v) is 15.3. The highest BCUT2D eigenvalue weighted by Gasteiger charge is 2.41. The van der Waals surface area contributed by atoms with Crippen LogP contribution in [0, 0.1) is 0 Å². The Kier molecular flexibility index (Phi) is 4.58. The summed E-state index contributed by atoms with van der Waals surface area (Å²) in [5.41, 5.74) is 1.02. The predicted molar refractivity (Wildman–Crippen MR) is 95.8 cm³/mol. The molecule has 138 valence electrons. The molecule has 3 heterocycles. The summed E-state index contributed by atoms with van der Waals surface area (Å²) in [5, 5.41) is 0. The summed E-state index contributed by atoms with van der Waals surface area (Å²) in [6, 6.07) is 9.63. The standard InChI is InChI=1S/C19H22N2O4S/c22-19(20-11-5-9-18-15(14-20)10-13-25-18)17-8-4-12-21(17)26(23,24)16-6-2-1-3-7-16/h1-3,6-7,10,13,17H,4-5,8-9,11-12,14H2/t17-/m1/s1. The maximum atomic E-state index is 13.2. The van der Waals surface area contributed by atoms with Gasteiger partial charge in [0, 0.05) is 31.6 Å². The molecule has 1 fully saturated rings. The molecule has 4 rings (SSSR count). The van der Waals surface area contributed by atoms with E-state index in [2.05, 4.69) is 0 Å². The first-order valence-electron chi connectivity index (χ1n) is 8.98. The number of fused-ring (bicyclic) bond motifs is 1. The van der Waals surface area contributed by atoms with E-state index in [9.17, 15) is 13.2 Å². The van der Waals surface area contributed by atoms with Crippen LogP contribution in [0.1, 0.15) is 30.6 Å². The van der Waals surface area contributed by atoms with Crippen LogP contribution in [0.15, 0.2) is 52.0 Å². The molecule has 0 aliphatic carbocycles. The molecule has 0 radical (unpaired) electrons. The maximum Gasteiger partial charge on any atom is 0.243 e. The van der Waals surface area contributed by atoms with Gasteiger partial charge in [0.15, 0.2) is 0 Å². The monoisotopic (exact) mass is 374 g/mol. The van der Waals surface area contributed by atoms with Crippen molar-refractivity contribution in [3.63, 3.8) is 0 Å². The van der Waals surface area contributed by atoms with E-state index in [4.69, 9.17) is 4.42 Å². The minimum absolute atomic E-state index is 0.101. The lowest BCUT2D eigenvalue weighted by Gasteiger charge is -2.29. The fourth-order valence-corrected chi connectivity index (χ4v) is 5.52. The van der Waals surface area contributed by atoms with E-state index in [1.807, 2.05) is 6.07 Å². The summed E-state index contributed by atoms with van der Waals surface area (Å²) in [5.74, 6) is 0.830. The Labute approximate surface area is 153 Å². The quantitative estimate of drug-likeness (QED) is 0.827. The average Bonchev–Trinajstić information content (AvgIpc) is 3.27. The summed E-state index contributed by atoms with van der Waals surface area (Å²) >= 11 is 0. The highest BCUT2D eigenvalue weighted by molar-refractivity contribution is 7.89. The van der Waals surface area contributed by atoms with E-state index in [0.717, 1.165) is 24.2 Å². The molecular weight excluding hydrogens is 352 g/mol. The number of furan rings is 1. The second-order valence-electron chi connectivity index (χ2n) is 6.82. The molecule has 26 heavy (non-hydrogen) atoms. The number of rotatable bonds is 3. The second kappa shape index (κ2) is 6.89. The number of sulfonamides is 1. The third-order valence-electron chi connectivity index (χ3n) is 5.18. The number of carbonyl (C=O) groups is 1. The molecule has 0 saturated carbocycles. The van der Waals surface area contributed by atoms with Crippen LogP contribution < -0.4 is 0 Å². The third kappa shape index (κ3) is 3.05. The average molecular weight is 374 g/mol. The summed E-state index contributed by atoms with van der Waals surface area (Å²) in [7, 11) is -3.66. The van der Waals surface area contributed by atoms with Crippen LogP contribution in [0.25, 0.3) is 0 Å². The fraction of sp³-hybridized carbons (Fsp3) is 0.421. The predicted octanol–water partition coefficient (Wildman–Crippen LogP) is 2.41. The van der Waals surface area contributed by atoms with E-state index in [0.29, 0.717) is 32.5 Å². The Morgan fingerprint density at radius 3 is 2.69 bits per heavy atom. The number of nitrogens with zero attached hydrogens (tertiary/aromatic N) is 2. The second-order valence-corrected chi connectivity index (χ2v) is 8.71. The lowest BCUT2D eigenvalue weighted by atomic mass is 10.2. The van der Waals surface area contributed by atoms with Crippen molar-refractivity contribution in [3.8, 4) is 0 Å². The Hall–Kier alpha value is -2.12. The number of aryl methyl sites for hydroxylation is 1. The zero-order valence-electron chi connectivity index (χ0n) is 14.5. The van der Waals surface area contributed by atoms with Gasteiger partial charge < -0.3 is 9.32 Å². The van der Waals surface area contributed by atoms with Crippen LogP contribution in [-0.2, 0) is 27.8 Å². The van der Waals surface area contributed by atoms with Gasteiger partial charge in [-0.15, -0.1) is 0 Å². The normalized spacial score (nSPS) is 21.4. The molecule has 1 aromatic heterocycles. The lowest BCUT2D eigenvalue weighted by Crippen LogP contribution is -2.47. The van der Waals surface area contributed by atoms with Gasteiger partial charge in [-0.2, -0.15) is 4.31 Å². The van der Waals surface area contributed by atoms with Gasteiger partial charge in [0.25, 0.3) is 0 Å². The molecule has 1 aromatic carbocycles. The number of amides is 1. The topological polar surface area (TPSA) is 70.8 Å². The lowest BCUT2D eigenvalue weighted by molar-refractivity contribution is -0.135. The van der Waals surface area contributed by atoms with Crippen molar-refractivity contribution in [1.82, 2.24) is 9.21 Å². The van der Waals surface area contributed by atoms with Crippen molar-refractivity contribution >= 4 is 15.9 Å². The van der Waals surface area contributed by atoms with Gasteiger partial charge in [-0.25, -0.2) is 8.42 Å². The van der Waals surface area contributed by atoms with Gasteiger partial charge in [-0.3, -0.25) is 4.79 Å². The first-order chi connectivity index (χ1) is 12.6. The largest absolute Gasteiger partial charge is 0.469 e. The molecule has 2 aromatic rings. The van der Waals surface area contributed by atoms with Gasteiger partial charge in [0.05, 0.1) is 11.2 Å². The molecule has 0 bridgehead atoms. The first-order valence-corrected chi connectivity index (χ1v) is 10.4. The molecular formula is C19H22N2O4S. The summed E-state index contributed by atoms with van der Waals surface area (Å²) < 4.78 is 32.9. The first kappa shape index (κ1) is 17.3. The maximum absolute atomic E-state index is 13.2. The van der Waals surface area contributed by atoms with E-state index in [1.165, 1.54) is 4.31 Å². The Morgan fingerprint density at radius 2 is 1.88 bits per heavy atom. The summed E-state index contributed by atoms with van der Waals surface area (Å²) in [4.78, 5) is 15.2. The van der Waals surface area contributed by atoms with E-state index in [1.54, 1.807) is 41.5 Å². The van der Waals surface area contributed by atoms with Crippen LogP contribution in [0.5, 0.6) is 0 Å². The number of carbonyl (C=O) groups excluding carboxylic acids is 1. The number of hydrogen-bond donors (Lipinski definition) is 0. The minimum Gasteiger partial charge on any atom is -0.469 e. The molecule has 0 unspecified atom stereocenters. The molecule has 6 nitrogen and oxygen atoms in total. The van der Waals surface area contributed by atoms with Crippen molar-refractivity contribution in [2.24, 2.45) is 0 Å². The van der Waals surface area contributed by atoms with Crippen molar-refractivity contribution in [2.45, 2.75) is 43.2 Å². The van der Waals surface area contributed by atoms with Crippen LogP contribution in [0.4, 0.5) is 0 Å². The number of hydrogen-bond acceptors (Lipinski definition) is 4. The molecule has 1 saturated heterocycles. The highest BCUT2D eigenvalue weighted by atomic mass is 32.2. The Balaban J connectivity index is 1.58. The van der Waals surface area contributed by atoms with Crippen molar-refractivity contribution in [2.75, 3.05) is 13.1 Å². The molecule has 0 N–H and O–H groups in total. The third-order valence-corrected chi connectivity index (χ3v) is 7.10. The molecule has 1 atom stereocenters. The molecule has 7 heteroatoms. The summed E-state index contributed by atoms with van der Waals surface area (Å²) in [6.07, 6.45) is 4.56. The molecule has 1 amide bonds. The highest BCUT2D eigenvalue weighted by Crippen LogP contribution is 2.29. The van der Waals surface area contributed by atoms with E-state index >= 15 is 0 Å². The van der Waals surface area contributed by atoms with Gasteiger partial charge in [0.2, 0.25) is 15.9 Å². The van der Waals surface area contributed by atoms with Crippen LogP contribution in [0.3, 0.4) is 0 Å².